The molecular weight excluding hydrogens is 288 g/mol. The summed E-state index contributed by atoms with van der Waals surface area (Å²) < 4.78 is 5.27. The van der Waals surface area contributed by atoms with E-state index in [-0.39, 0.29) is 12.0 Å². The second kappa shape index (κ2) is 6.41. The molecule has 0 saturated heterocycles. The van der Waals surface area contributed by atoms with Crippen LogP contribution in [0, 0.1) is 5.92 Å². The number of thiazole rings is 1. The van der Waals surface area contributed by atoms with Gasteiger partial charge in [0.1, 0.15) is 5.69 Å². The van der Waals surface area contributed by atoms with Gasteiger partial charge in [-0.2, -0.15) is 0 Å². The van der Waals surface area contributed by atoms with E-state index in [0.717, 1.165) is 25.7 Å². The third-order valence-electron chi connectivity index (χ3n) is 3.84. The van der Waals surface area contributed by atoms with Gasteiger partial charge in [-0.1, -0.05) is 0 Å². The molecule has 21 heavy (non-hydrogen) atoms. The standard InChI is InChI=1S/C15H18N2O3S/c18-11-5-3-10(4-6-11)8-16-14(19)12-9-21-15(17-12)13-2-1-7-20-13/h1-2,7,9-11,18H,3-6,8H2,(H,16,19). The Balaban J connectivity index is 1.54. The van der Waals surface area contributed by atoms with Crippen LogP contribution in [-0.4, -0.2) is 28.6 Å². The summed E-state index contributed by atoms with van der Waals surface area (Å²) in [7, 11) is 0. The number of amides is 1. The second-order valence-electron chi connectivity index (χ2n) is 5.40. The fraction of sp³-hybridized carbons (Fsp3) is 0.467. The quantitative estimate of drug-likeness (QED) is 0.910. The largest absolute Gasteiger partial charge is 0.462 e. The zero-order valence-corrected chi connectivity index (χ0v) is 12.4. The summed E-state index contributed by atoms with van der Waals surface area (Å²) in [4.78, 5) is 16.4. The highest BCUT2D eigenvalue weighted by Crippen LogP contribution is 2.25. The van der Waals surface area contributed by atoms with Gasteiger partial charge < -0.3 is 14.8 Å². The Bertz CT molecular complexity index is 586. The van der Waals surface area contributed by atoms with Crippen LogP contribution >= 0.6 is 11.3 Å². The number of nitrogens with one attached hydrogen (secondary N) is 1. The lowest BCUT2D eigenvalue weighted by Gasteiger charge is -2.25. The molecule has 2 aromatic rings. The molecule has 112 valence electrons. The molecule has 0 unspecified atom stereocenters. The average Bonchev–Trinajstić information content (AvgIpc) is 3.17. The van der Waals surface area contributed by atoms with Crippen molar-refractivity contribution in [2.75, 3.05) is 6.54 Å². The lowest BCUT2D eigenvalue weighted by molar-refractivity contribution is 0.0906. The van der Waals surface area contributed by atoms with Gasteiger partial charge in [0, 0.05) is 11.9 Å². The first-order valence-corrected chi connectivity index (χ1v) is 8.06. The van der Waals surface area contributed by atoms with Gasteiger partial charge in [0.25, 0.3) is 5.91 Å². The summed E-state index contributed by atoms with van der Waals surface area (Å²) in [5, 5.41) is 14.9. The number of rotatable bonds is 4. The van der Waals surface area contributed by atoms with Gasteiger partial charge in [0.05, 0.1) is 12.4 Å². The highest BCUT2D eigenvalue weighted by atomic mass is 32.1. The molecule has 0 spiro atoms. The van der Waals surface area contributed by atoms with Crippen LogP contribution in [-0.2, 0) is 0 Å². The molecule has 0 aliphatic heterocycles. The summed E-state index contributed by atoms with van der Waals surface area (Å²) in [6.07, 6.45) is 5.03. The third-order valence-corrected chi connectivity index (χ3v) is 4.69. The van der Waals surface area contributed by atoms with Gasteiger partial charge in [-0.3, -0.25) is 4.79 Å². The topological polar surface area (TPSA) is 75.4 Å². The van der Waals surface area contributed by atoms with E-state index < -0.39 is 0 Å². The molecule has 1 fully saturated rings. The van der Waals surface area contributed by atoms with Gasteiger partial charge in [-0.25, -0.2) is 4.98 Å². The molecule has 0 atom stereocenters. The number of furan rings is 1. The van der Waals surface area contributed by atoms with Crippen LogP contribution in [0.4, 0.5) is 0 Å². The summed E-state index contributed by atoms with van der Waals surface area (Å²) >= 11 is 1.40. The highest BCUT2D eigenvalue weighted by molar-refractivity contribution is 7.13. The third kappa shape index (κ3) is 3.51. The molecule has 5 nitrogen and oxygen atoms in total. The lowest BCUT2D eigenvalue weighted by atomic mass is 9.87. The van der Waals surface area contributed by atoms with E-state index >= 15 is 0 Å². The molecule has 1 aliphatic carbocycles. The monoisotopic (exact) mass is 306 g/mol. The fourth-order valence-corrected chi connectivity index (χ4v) is 3.33. The maximum atomic E-state index is 12.1. The van der Waals surface area contributed by atoms with Crippen LogP contribution in [0.3, 0.4) is 0 Å². The van der Waals surface area contributed by atoms with Crippen molar-refractivity contribution in [2.24, 2.45) is 5.92 Å². The van der Waals surface area contributed by atoms with Crippen molar-refractivity contribution in [3.05, 3.63) is 29.5 Å². The Labute approximate surface area is 127 Å². The first-order valence-electron chi connectivity index (χ1n) is 7.18. The number of carbonyl (C=O) groups is 1. The zero-order valence-electron chi connectivity index (χ0n) is 11.6. The molecule has 2 heterocycles. The lowest BCUT2D eigenvalue weighted by Crippen LogP contribution is -2.32. The number of nitrogens with zero attached hydrogens (tertiary/aromatic N) is 1. The van der Waals surface area contributed by atoms with Crippen molar-refractivity contribution in [1.82, 2.24) is 10.3 Å². The van der Waals surface area contributed by atoms with E-state index in [1.54, 1.807) is 17.7 Å². The van der Waals surface area contributed by atoms with Gasteiger partial charge >= 0.3 is 0 Å². The second-order valence-corrected chi connectivity index (χ2v) is 6.26. The Morgan fingerprint density at radius 2 is 2.24 bits per heavy atom. The Hall–Kier alpha value is -1.66. The van der Waals surface area contributed by atoms with Gasteiger partial charge in [-0.05, 0) is 43.7 Å². The summed E-state index contributed by atoms with van der Waals surface area (Å²) in [5.74, 6) is 0.996. The summed E-state index contributed by atoms with van der Waals surface area (Å²) in [5.41, 5.74) is 0.433. The molecule has 1 aliphatic rings. The fourth-order valence-electron chi connectivity index (χ4n) is 2.57. The zero-order chi connectivity index (χ0) is 14.7. The van der Waals surface area contributed by atoms with E-state index in [1.165, 1.54) is 11.3 Å². The number of hydrogen-bond donors (Lipinski definition) is 2. The number of carbonyl (C=O) groups excluding carboxylic acids is 1. The van der Waals surface area contributed by atoms with Crippen molar-refractivity contribution in [3.63, 3.8) is 0 Å². The van der Waals surface area contributed by atoms with Gasteiger partial charge in [-0.15, -0.1) is 11.3 Å². The van der Waals surface area contributed by atoms with Crippen molar-refractivity contribution in [2.45, 2.75) is 31.8 Å². The molecule has 6 heteroatoms. The minimum absolute atomic E-state index is 0.143. The highest BCUT2D eigenvalue weighted by Gasteiger charge is 2.20. The molecule has 0 bridgehead atoms. The van der Waals surface area contributed by atoms with Crippen LogP contribution in [0.1, 0.15) is 36.2 Å². The number of hydrogen-bond acceptors (Lipinski definition) is 5. The summed E-state index contributed by atoms with van der Waals surface area (Å²) in [6, 6.07) is 3.63. The first kappa shape index (κ1) is 14.3. The molecule has 1 amide bonds. The molecule has 0 radical (unpaired) electrons. The predicted molar refractivity (Wildman–Crippen MR) is 80.1 cm³/mol. The average molecular weight is 306 g/mol. The smallest absolute Gasteiger partial charge is 0.270 e. The van der Waals surface area contributed by atoms with E-state index in [1.807, 2.05) is 6.07 Å². The van der Waals surface area contributed by atoms with Crippen LogP contribution in [0.25, 0.3) is 10.8 Å². The summed E-state index contributed by atoms with van der Waals surface area (Å²) in [6.45, 7) is 0.652. The molecule has 2 aromatic heterocycles. The maximum Gasteiger partial charge on any atom is 0.270 e. The van der Waals surface area contributed by atoms with E-state index in [0.29, 0.717) is 28.9 Å². The van der Waals surface area contributed by atoms with Crippen LogP contribution in [0.2, 0.25) is 0 Å². The predicted octanol–water partition coefficient (Wildman–Crippen LogP) is 2.68. The van der Waals surface area contributed by atoms with Crippen molar-refractivity contribution >= 4 is 17.2 Å². The van der Waals surface area contributed by atoms with Gasteiger partial charge in [0.2, 0.25) is 0 Å². The minimum atomic E-state index is -0.161. The number of aromatic nitrogens is 1. The van der Waals surface area contributed by atoms with Crippen molar-refractivity contribution < 1.29 is 14.3 Å². The van der Waals surface area contributed by atoms with Crippen LogP contribution in [0.15, 0.2) is 28.2 Å². The number of aliphatic hydroxyl groups is 1. The van der Waals surface area contributed by atoms with Gasteiger partial charge in [0.15, 0.2) is 10.8 Å². The van der Waals surface area contributed by atoms with Crippen LogP contribution in [0.5, 0.6) is 0 Å². The Morgan fingerprint density at radius 3 is 2.95 bits per heavy atom. The van der Waals surface area contributed by atoms with E-state index in [9.17, 15) is 9.90 Å². The normalized spacial score (nSPS) is 22.1. The molecule has 2 N–H and O–H groups in total. The van der Waals surface area contributed by atoms with Crippen LogP contribution < -0.4 is 5.32 Å². The minimum Gasteiger partial charge on any atom is -0.462 e. The van der Waals surface area contributed by atoms with Crippen molar-refractivity contribution in [3.8, 4) is 10.8 Å². The first-order chi connectivity index (χ1) is 10.2. The maximum absolute atomic E-state index is 12.1. The molecular formula is C15H18N2O3S. The SMILES string of the molecule is O=C(NCC1CCC(O)CC1)c1csc(-c2ccco2)n1. The molecule has 0 aromatic carbocycles. The van der Waals surface area contributed by atoms with Crippen molar-refractivity contribution in [1.29, 1.82) is 0 Å². The van der Waals surface area contributed by atoms with E-state index in [4.69, 9.17) is 4.42 Å². The Kier molecular flexibility index (Phi) is 4.36. The Morgan fingerprint density at radius 1 is 1.43 bits per heavy atom. The molecule has 1 saturated carbocycles. The number of aliphatic hydroxyl groups excluding tert-OH is 1. The molecule has 3 rings (SSSR count). The van der Waals surface area contributed by atoms with E-state index in [2.05, 4.69) is 10.3 Å².